The molecule has 0 atom stereocenters. The van der Waals surface area contributed by atoms with Crippen LogP contribution in [0.3, 0.4) is 0 Å². The van der Waals surface area contributed by atoms with Gasteiger partial charge in [0.2, 0.25) is 0 Å². The summed E-state index contributed by atoms with van der Waals surface area (Å²) in [6, 6.07) is 11.4. The number of rotatable bonds is 4. The molecule has 0 saturated heterocycles. The first-order valence-electron chi connectivity index (χ1n) is 8.12. The minimum absolute atomic E-state index is 0.0219. The topological polar surface area (TPSA) is 35.2 Å². The van der Waals surface area contributed by atoms with Gasteiger partial charge in [0.15, 0.2) is 0 Å². The number of nitrogen functional groups attached to an aromatic ring is 1. The fraction of sp³-hybridized carbons (Fsp3) is 0.368. The van der Waals surface area contributed by atoms with Gasteiger partial charge in [0.05, 0.1) is 5.56 Å². The molecule has 2 N–H and O–H groups in total. The summed E-state index contributed by atoms with van der Waals surface area (Å²) >= 11 is 0. The molecule has 0 aromatic heterocycles. The first kappa shape index (κ1) is 16.7. The van der Waals surface area contributed by atoms with E-state index >= 15 is 0 Å². The van der Waals surface area contributed by atoms with Crippen LogP contribution < -0.4 is 10.5 Å². The van der Waals surface area contributed by atoms with Crippen LogP contribution in [0.15, 0.2) is 42.5 Å². The largest absolute Gasteiger partial charge is 0.489 e. The van der Waals surface area contributed by atoms with E-state index in [9.17, 15) is 13.2 Å². The Kier molecular flexibility index (Phi) is 4.69. The molecule has 1 aliphatic rings. The molecule has 0 amide bonds. The van der Waals surface area contributed by atoms with Crippen molar-refractivity contribution in [1.29, 1.82) is 0 Å². The van der Waals surface area contributed by atoms with Gasteiger partial charge >= 0.3 is 6.18 Å². The van der Waals surface area contributed by atoms with Crippen LogP contribution in [0.25, 0.3) is 0 Å². The van der Waals surface area contributed by atoms with E-state index in [0.29, 0.717) is 22.6 Å². The number of alkyl halides is 3. The van der Waals surface area contributed by atoms with E-state index < -0.39 is 11.7 Å². The van der Waals surface area contributed by atoms with Gasteiger partial charge in [-0.3, -0.25) is 0 Å². The van der Waals surface area contributed by atoms with Crippen LogP contribution in [-0.4, -0.2) is 0 Å². The molecule has 0 heterocycles. The van der Waals surface area contributed by atoms with E-state index in [0.717, 1.165) is 25.7 Å². The third-order valence-electron chi connectivity index (χ3n) is 4.50. The lowest BCUT2D eigenvalue weighted by Crippen LogP contribution is -2.12. The predicted octanol–water partition coefficient (Wildman–Crippen LogP) is 5.52. The second-order valence-corrected chi connectivity index (χ2v) is 6.26. The minimum atomic E-state index is -4.34. The summed E-state index contributed by atoms with van der Waals surface area (Å²) < 4.78 is 45.9. The molecule has 0 spiro atoms. The Morgan fingerprint density at radius 2 is 1.67 bits per heavy atom. The number of anilines is 1. The van der Waals surface area contributed by atoms with Gasteiger partial charge in [-0.25, -0.2) is 0 Å². The molecule has 1 saturated carbocycles. The molecule has 128 valence electrons. The fourth-order valence-corrected chi connectivity index (χ4v) is 3.26. The van der Waals surface area contributed by atoms with Crippen LogP contribution in [0, 0.1) is 0 Å². The monoisotopic (exact) mass is 335 g/mol. The molecule has 5 heteroatoms. The van der Waals surface area contributed by atoms with Crippen molar-refractivity contribution in [3.05, 3.63) is 59.2 Å². The van der Waals surface area contributed by atoms with Crippen molar-refractivity contribution in [2.24, 2.45) is 0 Å². The Hall–Kier alpha value is -2.17. The highest BCUT2D eigenvalue weighted by Gasteiger charge is 2.36. The SMILES string of the molecule is Nc1ccc(OCc2ccc(C3CCCC3)c(C(F)(F)F)c2)cc1. The number of halogens is 3. The molecule has 1 aliphatic carbocycles. The summed E-state index contributed by atoms with van der Waals surface area (Å²) in [6.45, 7) is 0.0952. The van der Waals surface area contributed by atoms with E-state index in [4.69, 9.17) is 10.5 Å². The second kappa shape index (κ2) is 6.75. The lowest BCUT2D eigenvalue weighted by atomic mass is 9.91. The summed E-state index contributed by atoms with van der Waals surface area (Å²) in [5, 5.41) is 0. The maximum absolute atomic E-state index is 13.4. The Labute approximate surface area is 139 Å². The van der Waals surface area contributed by atoms with Crippen LogP contribution in [0.2, 0.25) is 0 Å². The third kappa shape index (κ3) is 3.83. The van der Waals surface area contributed by atoms with Gasteiger partial charge in [0.1, 0.15) is 12.4 Å². The molecule has 24 heavy (non-hydrogen) atoms. The summed E-state index contributed by atoms with van der Waals surface area (Å²) in [5.74, 6) is 0.603. The van der Waals surface area contributed by atoms with Crippen LogP contribution in [0.1, 0.15) is 48.3 Å². The maximum Gasteiger partial charge on any atom is 0.416 e. The first-order chi connectivity index (χ1) is 11.4. The van der Waals surface area contributed by atoms with E-state index in [1.165, 1.54) is 6.07 Å². The highest BCUT2D eigenvalue weighted by Crippen LogP contribution is 2.41. The minimum Gasteiger partial charge on any atom is -0.489 e. The zero-order chi connectivity index (χ0) is 17.2. The van der Waals surface area contributed by atoms with E-state index in [1.807, 2.05) is 0 Å². The Morgan fingerprint density at radius 1 is 1.00 bits per heavy atom. The van der Waals surface area contributed by atoms with Crippen molar-refractivity contribution in [2.75, 3.05) is 5.73 Å². The average molecular weight is 335 g/mol. The van der Waals surface area contributed by atoms with Crippen LogP contribution in [0.5, 0.6) is 5.75 Å². The first-order valence-corrected chi connectivity index (χ1v) is 8.12. The van der Waals surface area contributed by atoms with Crippen molar-refractivity contribution in [1.82, 2.24) is 0 Å². The van der Waals surface area contributed by atoms with Gasteiger partial charge in [-0.15, -0.1) is 0 Å². The van der Waals surface area contributed by atoms with Crippen molar-refractivity contribution >= 4 is 5.69 Å². The van der Waals surface area contributed by atoms with Crippen LogP contribution in [0.4, 0.5) is 18.9 Å². The normalized spacial score (nSPS) is 15.6. The van der Waals surface area contributed by atoms with Crippen molar-refractivity contribution in [3.8, 4) is 5.75 Å². The quantitative estimate of drug-likeness (QED) is 0.746. The smallest absolute Gasteiger partial charge is 0.416 e. The predicted molar refractivity (Wildman–Crippen MR) is 87.8 cm³/mol. The van der Waals surface area contributed by atoms with E-state index in [1.54, 1.807) is 36.4 Å². The molecule has 2 aromatic rings. The zero-order valence-corrected chi connectivity index (χ0v) is 13.3. The van der Waals surface area contributed by atoms with E-state index in [2.05, 4.69) is 0 Å². The van der Waals surface area contributed by atoms with Gasteiger partial charge < -0.3 is 10.5 Å². The number of hydrogen-bond donors (Lipinski definition) is 1. The van der Waals surface area contributed by atoms with Crippen molar-refractivity contribution in [3.63, 3.8) is 0 Å². The Bertz CT molecular complexity index is 689. The molecule has 3 rings (SSSR count). The molecular formula is C19H20F3NO. The summed E-state index contributed by atoms with van der Waals surface area (Å²) in [5.41, 5.74) is 6.63. The molecular weight excluding hydrogens is 315 g/mol. The molecule has 0 unspecified atom stereocenters. The molecule has 0 bridgehead atoms. The summed E-state index contributed by atoms with van der Waals surface area (Å²) in [7, 11) is 0. The van der Waals surface area contributed by atoms with Gasteiger partial charge in [-0.2, -0.15) is 13.2 Å². The molecule has 2 aromatic carbocycles. The second-order valence-electron chi connectivity index (χ2n) is 6.26. The zero-order valence-electron chi connectivity index (χ0n) is 13.3. The van der Waals surface area contributed by atoms with Gasteiger partial charge in [0, 0.05) is 5.69 Å². The number of ether oxygens (including phenoxy) is 1. The Morgan fingerprint density at radius 3 is 2.29 bits per heavy atom. The van der Waals surface area contributed by atoms with Crippen LogP contribution in [-0.2, 0) is 12.8 Å². The number of nitrogens with two attached hydrogens (primary N) is 1. The highest BCUT2D eigenvalue weighted by atomic mass is 19.4. The number of benzene rings is 2. The van der Waals surface area contributed by atoms with Crippen molar-refractivity contribution < 1.29 is 17.9 Å². The molecule has 2 nitrogen and oxygen atoms in total. The summed E-state index contributed by atoms with van der Waals surface area (Å²) in [6.07, 6.45) is -0.655. The van der Waals surface area contributed by atoms with Gasteiger partial charge in [-0.1, -0.05) is 25.0 Å². The highest BCUT2D eigenvalue weighted by molar-refractivity contribution is 5.42. The molecule has 0 radical (unpaired) electrons. The molecule has 1 fully saturated rings. The van der Waals surface area contributed by atoms with Gasteiger partial charge in [0.25, 0.3) is 0 Å². The number of hydrogen-bond acceptors (Lipinski definition) is 2. The van der Waals surface area contributed by atoms with Crippen molar-refractivity contribution in [2.45, 2.75) is 44.4 Å². The lowest BCUT2D eigenvalue weighted by Gasteiger charge is -2.19. The maximum atomic E-state index is 13.4. The third-order valence-corrected chi connectivity index (χ3v) is 4.50. The Balaban J connectivity index is 1.80. The summed E-state index contributed by atoms with van der Waals surface area (Å²) in [4.78, 5) is 0. The van der Waals surface area contributed by atoms with E-state index in [-0.39, 0.29) is 12.5 Å². The lowest BCUT2D eigenvalue weighted by molar-refractivity contribution is -0.138. The fourth-order valence-electron chi connectivity index (χ4n) is 3.26. The van der Waals surface area contributed by atoms with Crippen LogP contribution >= 0.6 is 0 Å². The average Bonchev–Trinajstić information content (AvgIpc) is 3.07. The standard InChI is InChI=1S/C19H20F3NO/c20-19(21,22)18-11-13(5-10-17(18)14-3-1-2-4-14)12-24-16-8-6-15(23)7-9-16/h5-11,14H,1-4,12,23H2. The van der Waals surface area contributed by atoms with Gasteiger partial charge in [-0.05, 0) is 60.2 Å². The molecule has 0 aliphatic heterocycles.